The lowest BCUT2D eigenvalue weighted by Crippen LogP contribution is -2.43. The molecule has 0 saturated carbocycles. The minimum absolute atomic E-state index is 0.278. The third kappa shape index (κ3) is 2.49. The number of para-hydroxylation sites is 1. The lowest BCUT2D eigenvalue weighted by molar-refractivity contribution is -0.122. The Morgan fingerprint density at radius 1 is 1.44 bits per heavy atom. The molecule has 0 fully saturated rings. The molecule has 1 aliphatic rings. The van der Waals surface area contributed by atoms with Crippen LogP contribution < -0.4 is 15.0 Å². The first-order valence-corrected chi connectivity index (χ1v) is 5.19. The monoisotopic (exact) mass is 260 g/mol. The van der Waals surface area contributed by atoms with Crippen molar-refractivity contribution in [3.63, 3.8) is 0 Å². The van der Waals surface area contributed by atoms with Gasteiger partial charge in [0.2, 0.25) is 5.91 Å². The number of alkyl halides is 3. The molecule has 18 heavy (non-hydrogen) atoms. The molecule has 1 heterocycles. The lowest BCUT2D eigenvalue weighted by atomic mass is 10.1. The Morgan fingerprint density at radius 3 is 2.78 bits per heavy atom. The number of carbonyl (C=O) groups is 1. The van der Waals surface area contributed by atoms with Crippen molar-refractivity contribution < 1.29 is 22.7 Å². The van der Waals surface area contributed by atoms with Crippen LogP contribution in [0.5, 0.6) is 5.75 Å². The van der Waals surface area contributed by atoms with E-state index in [9.17, 15) is 18.0 Å². The highest BCUT2D eigenvalue weighted by Gasteiger charge is 2.35. The maximum Gasteiger partial charge on any atom is 0.405 e. The number of fused-ring (bicyclic) bond motifs is 1. The molecule has 1 amide bonds. The van der Waals surface area contributed by atoms with Crippen LogP contribution in [0.25, 0.3) is 0 Å². The molecule has 4 nitrogen and oxygen atoms in total. The van der Waals surface area contributed by atoms with Crippen LogP contribution in [0.15, 0.2) is 18.2 Å². The Balaban J connectivity index is 2.40. The molecule has 0 bridgehead atoms. The second-order valence-electron chi connectivity index (χ2n) is 3.87. The molecule has 0 saturated heterocycles. The number of hydrogen-bond acceptors (Lipinski definition) is 3. The van der Waals surface area contributed by atoms with Crippen molar-refractivity contribution in [1.82, 2.24) is 0 Å². The van der Waals surface area contributed by atoms with Gasteiger partial charge in [0.05, 0.1) is 19.3 Å². The Labute approximate surface area is 101 Å². The predicted molar refractivity (Wildman–Crippen MR) is 59.9 cm³/mol. The van der Waals surface area contributed by atoms with E-state index in [1.54, 1.807) is 12.1 Å². The van der Waals surface area contributed by atoms with Crippen LogP contribution in [0.3, 0.4) is 0 Å². The Bertz CT molecular complexity index is 474. The smallest absolute Gasteiger partial charge is 0.405 e. The molecule has 0 spiro atoms. The number of benzene rings is 1. The van der Waals surface area contributed by atoms with Gasteiger partial charge in [0, 0.05) is 0 Å². The molecule has 0 radical (unpaired) electrons. The highest BCUT2D eigenvalue weighted by atomic mass is 19.4. The number of rotatable bonds is 2. The fraction of sp³-hybridized carbons (Fsp3) is 0.364. The van der Waals surface area contributed by atoms with Gasteiger partial charge in [0.15, 0.2) is 0 Å². The van der Waals surface area contributed by atoms with Crippen molar-refractivity contribution in [1.29, 1.82) is 0 Å². The maximum atomic E-state index is 12.4. The first kappa shape index (κ1) is 12.5. The molecule has 1 aromatic carbocycles. The third-order valence-corrected chi connectivity index (χ3v) is 2.53. The average Bonchev–Trinajstić information content (AvgIpc) is 2.26. The second kappa shape index (κ2) is 4.40. The van der Waals surface area contributed by atoms with Gasteiger partial charge in [0.1, 0.15) is 18.0 Å². The zero-order valence-electron chi connectivity index (χ0n) is 9.54. The van der Waals surface area contributed by atoms with Gasteiger partial charge < -0.3 is 15.0 Å². The van der Waals surface area contributed by atoms with Crippen LogP contribution in [0, 0.1) is 0 Å². The molecule has 7 heteroatoms. The molecule has 1 aliphatic heterocycles. The second-order valence-corrected chi connectivity index (χ2v) is 3.87. The van der Waals surface area contributed by atoms with Gasteiger partial charge in [-0.15, -0.1) is 0 Å². The van der Waals surface area contributed by atoms with E-state index in [-0.39, 0.29) is 12.2 Å². The quantitative estimate of drug-likeness (QED) is 0.884. The van der Waals surface area contributed by atoms with Crippen LogP contribution in [-0.2, 0) is 4.79 Å². The number of carbonyl (C=O) groups excluding carboxylic acids is 1. The zero-order chi connectivity index (χ0) is 13.3. The Kier molecular flexibility index (Phi) is 3.06. The summed E-state index contributed by atoms with van der Waals surface area (Å²) in [5, 5.41) is 2.52. The van der Waals surface area contributed by atoms with E-state index >= 15 is 0 Å². The van der Waals surface area contributed by atoms with Crippen molar-refractivity contribution in [3.05, 3.63) is 18.2 Å². The van der Waals surface area contributed by atoms with Gasteiger partial charge in [-0.3, -0.25) is 4.79 Å². The van der Waals surface area contributed by atoms with E-state index in [1.165, 1.54) is 13.2 Å². The summed E-state index contributed by atoms with van der Waals surface area (Å²) in [4.78, 5) is 12.4. The molecular formula is C11H11F3N2O2. The zero-order valence-corrected chi connectivity index (χ0v) is 9.54. The van der Waals surface area contributed by atoms with Crippen molar-refractivity contribution in [2.75, 3.05) is 30.4 Å². The van der Waals surface area contributed by atoms with Crippen LogP contribution in [0.4, 0.5) is 24.5 Å². The Hall–Kier alpha value is -1.92. The molecule has 0 aliphatic carbocycles. The van der Waals surface area contributed by atoms with Gasteiger partial charge in [-0.2, -0.15) is 13.2 Å². The van der Waals surface area contributed by atoms with E-state index in [1.807, 2.05) is 0 Å². The number of nitrogens with zero attached hydrogens (tertiary/aromatic N) is 1. The van der Waals surface area contributed by atoms with Gasteiger partial charge in [-0.05, 0) is 12.1 Å². The van der Waals surface area contributed by atoms with Crippen molar-refractivity contribution in [2.24, 2.45) is 0 Å². The fourth-order valence-corrected chi connectivity index (χ4v) is 1.87. The van der Waals surface area contributed by atoms with Gasteiger partial charge in [-0.25, -0.2) is 0 Å². The van der Waals surface area contributed by atoms with Gasteiger partial charge in [0.25, 0.3) is 0 Å². The first-order valence-electron chi connectivity index (χ1n) is 5.19. The van der Waals surface area contributed by atoms with E-state index in [2.05, 4.69) is 5.32 Å². The minimum atomic E-state index is -4.36. The van der Waals surface area contributed by atoms with Gasteiger partial charge >= 0.3 is 6.18 Å². The van der Waals surface area contributed by atoms with Crippen LogP contribution >= 0.6 is 0 Å². The van der Waals surface area contributed by atoms with Gasteiger partial charge in [-0.1, -0.05) is 6.07 Å². The molecule has 98 valence electrons. The van der Waals surface area contributed by atoms with Crippen molar-refractivity contribution in [2.45, 2.75) is 6.18 Å². The standard InChI is InChI=1S/C11H11F3N2O2/c1-18-8-4-2-3-7-10(8)15-9(17)5-16(7)6-11(12,13)14/h2-4H,5-6H2,1H3,(H,15,17). The van der Waals surface area contributed by atoms with Crippen LogP contribution in [0.1, 0.15) is 0 Å². The van der Waals surface area contributed by atoms with E-state index in [0.29, 0.717) is 11.4 Å². The van der Waals surface area contributed by atoms with E-state index in [0.717, 1.165) is 4.90 Å². The molecule has 1 N–H and O–H groups in total. The highest BCUT2D eigenvalue weighted by molar-refractivity contribution is 6.03. The summed E-state index contributed by atoms with van der Waals surface area (Å²) in [7, 11) is 1.39. The number of hydrogen-bond donors (Lipinski definition) is 1. The summed E-state index contributed by atoms with van der Waals surface area (Å²) in [6, 6.07) is 4.68. The first-order chi connectivity index (χ1) is 8.40. The fourth-order valence-electron chi connectivity index (χ4n) is 1.87. The SMILES string of the molecule is COc1cccc2c1NC(=O)CN2CC(F)(F)F. The van der Waals surface area contributed by atoms with Crippen molar-refractivity contribution >= 4 is 17.3 Å². The Morgan fingerprint density at radius 2 is 2.17 bits per heavy atom. The molecule has 0 unspecified atom stereocenters. The summed E-state index contributed by atoms with van der Waals surface area (Å²) >= 11 is 0. The number of halogens is 3. The van der Waals surface area contributed by atoms with Crippen molar-refractivity contribution in [3.8, 4) is 5.75 Å². The third-order valence-electron chi connectivity index (χ3n) is 2.53. The molecule has 0 atom stereocenters. The highest BCUT2D eigenvalue weighted by Crippen LogP contribution is 2.38. The average molecular weight is 260 g/mol. The minimum Gasteiger partial charge on any atom is -0.494 e. The molecular weight excluding hydrogens is 249 g/mol. The maximum absolute atomic E-state index is 12.4. The summed E-state index contributed by atoms with van der Waals surface area (Å²) < 4.78 is 42.3. The summed E-state index contributed by atoms with van der Waals surface area (Å²) in [5.74, 6) is -0.149. The molecule has 2 rings (SSSR count). The molecule has 0 aromatic heterocycles. The van der Waals surface area contributed by atoms with Crippen LogP contribution in [-0.4, -0.2) is 32.3 Å². The number of ether oxygens (including phenoxy) is 1. The summed E-state index contributed by atoms with van der Waals surface area (Å²) in [5.41, 5.74) is 0.590. The summed E-state index contributed by atoms with van der Waals surface area (Å²) in [6.45, 7) is -1.49. The van der Waals surface area contributed by atoms with E-state index in [4.69, 9.17) is 4.74 Å². The lowest BCUT2D eigenvalue weighted by Gasteiger charge is -2.32. The normalized spacial score (nSPS) is 15.1. The number of anilines is 2. The number of amides is 1. The molecule has 1 aromatic rings. The topological polar surface area (TPSA) is 41.6 Å². The largest absolute Gasteiger partial charge is 0.494 e. The van der Waals surface area contributed by atoms with Crippen LogP contribution in [0.2, 0.25) is 0 Å². The van der Waals surface area contributed by atoms with E-state index < -0.39 is 18.6 Å². The number of methoxy groups -OCH3 is 1. The number of nitrogens with one attached hydrogen (secondary N) is 1. The predicted octanol–water partition coefficient (Wildman–Crippen LogP) is 2.02. The summed E-state index contributed by atoms with van der Waals surface area (Å²) in [6.07, 6.45) is -4.36.